The highest BCUT2D eigenvalue weighted by Crippen LogP contribution is 2.55. The molecule has 4 heteroatoms. The van der Waals surface area contributed by atoms with Gasteiger partial charge >= 0.3 is 0 Å². The summed E-state index contributed by atoms with van der Waals surface area (Å²) in [6.07, 6.45) is 12.3. The molecular formula is C30H29N3S. The monoisotopic (exact) mass is 463 g/mol. The molecule has 1 aliphatic carbocycles. The minimum Gasteiger partial charge on any atom is -0.362 e. The first-order valence-electron chi connectivity index (χ1n) is 12.2. The molecule has 1 saturated carbocycles. The Balaban J connectivity index is 1.27. The zero-order valence-electron chi connectivity index (χ0n) is 19.2. The summed E-state index contributed by atoms with van der Waals surface area (Å²) < 4.78 is 0. The van der Waals surface area contributed by atoms with Gasteiger partial charge in [0.2, 0.25) is 0 Å². The van der Waals surface area contributed by atoms with Gasteiger partial charge in [-0.2, -0.15) is 0 Å². The lowest BCUT2D eigenvalue weighted by Crippen LogP contribution is -2.44. The zero-order chi connectivity index (χ0) is 23.0. The molecule has 0 radical (unpaired) electrons. The highest BCUT2D eigenvalue weighted by atomic mass is 32.2. The van der Waals surface area contributed by atoms with Gasteiger partial charge in [-0.25, -0.2) is 0 Å². The van der Waals surface area contributed by atoms with Crippen molar-refractivity contribution in [3.8, 4) is 0 Å². The van der Waals surface area contributed by atoms with Crippen LogP contribution in [-0.4, -0.2) is 12.0 Å². The Hall–Kier alpha value is -3.24. The number of nitrogens with one attached hydrogen (secondary N) is 3. The molecule has 0 bridgehead atoms. The first kappa shape index (κ1) is 21.3. The van der Waals surface area contributed by atoms with Crippen LogP contribution in [0.4, 0.5) is 0 Å². The molecule has 1 atom stereocenters. The molecule has 3 aromatic rings. The number of hydrogen-bond acceptors (Lipinski definition) is 3. The maximum absolute atomic E-state index is 8.89. The number of rotatable bonds is 3. The van der Waals surface area contributed by atoms with Gasteiger partial charge in [0.25, 0.3) is 0 Å². The van der Waals surface area contributed by atoms with Crippen LogP contribution < -0.4 is 10.6 Å². The molecule has 34 heavy (non-hydrogen) atoms. The van der Waals surface area contributed by atoms with Crippen molar-refractivity contribution in [2.75, 3.05) is 0 Å². The van der Waals surface area contributed by atoms with Crippen LogP contribution in [0.2, 0.25) is 0 Å². The summed E-state index contributed by atoms with van der Waals surface area (Å²) in [7, 11) is 0. The summed E-state index contributed by atoms with van der Waals surface area (Å²) in [5.74, 6) is 0.453. The lowest BCUT2D eigenvalue weighted by atomic mass is 9.65. The van der Waals surface area contributed by atoms with E-state index in [2.05, 4.69) is 83.5 Å². The number of amidine groups is 1. The lowest BCUT2D eigenvalue weighted by Gasteiger charge is -2.43. The van der Waals surface area contributed by atoms with Gasteiger partial charge < -0.3 is 10.6 Å². The van der Waals surface area contributed by atoms with Crippen molar-refractivity contribution in [2.45, 2.75) is 53.5 Å². The summed E-state index contributed by atoms with van der Waals surface area (Å²) >= 11 is 1.88. The Morgan fingerprint density at radius 1 is 0.882 bits per heavy atom. The molecule has 170 valence electrons. The molecule has 0 amide bonds. The fourth-order valence-electron chi connectivity index (χ4n) is 5.70. The molecule has 2 aliphatic heterocycles. The highest BCUT2D eigenvalue weighted by Gasteiger charge is 2.41. The second-order valence-corrected chi connectivity index (χ2v) is 10.5. The smallest absolute Gasteiger partial charge is 0.127 e. The molecule has 1 fully saturated rings. The third kappa shape index (κ3) is 3.76. The Bertz CT molecular complexity index is 1290. The number of allylic oxidation sites excluding steroid dienone is 2. The molecule has 1 spiro atoms. The average Bonchev–Trinajstić information content (AvgIpc) is 2.90. The molecular weight excluding hydrogens is 434 g/mol. The van der Waals surface area contributed by atoms with Gasteiger partial charge in [-0.15, -0.1) is 0 Å². The Morgan fingerprint density at radius 3 is 2.50 bits per heavy atom. The van der Waals surface area contributed by atoms with Crippen molar-refractivity contribution in [3.05, 3.63) is 113 Å². The molecule has 3 aliphatic rings. The van der Waals surface area contributed by atoms with Crippen LogP contribution in [0, 0.1) is 5.41 Å². The van der Waals surface area contributed by atoms with E-state index in [4.69, 9.17) is 5.41 Å². The Kier molecular flexibility index (Phi) is 5.54. The molecule has 6 rings (SSSR count). The van der Waals surface area contributed by atoms with Crippen LogP contribution in [-0.2, 0) is 5.41 Å². The van der Waals surface area contributed by atoms with Gasteiger partial charge in [0, 0.05) is 26.5 Å². The van der Waals surface area contributed by atoms with Gasteiger partial charge in [-0.05, 0) is 59.9 Å². The third-order valence-corrected chi connectivity index (χ3v) is 8.53. The summed E-state index contributed by atoms with van der Waals surface area (Å²) in [6.45, 7) is 0. The van der Waals surface area contributed by atoms with Crippen LogP contribution in [0.15, 0.2) is 101 Å². The van der Waals surface area contributed by atoms with Crippen molar-refractivity contribution in [1.29, 1.82) is 5.41 Å². The number of hydrogen-bond donors (Lipinski definition) is 3. The average molecular weight is 464 g/mol. The zero-order valence-corrected chi connectivity index (χ0v) is 20.0. The van der Waals surface area contributed by atoms with E-state index in [1.807, 2.05) is 30.0 Å². The predicted octanol–water partition coefficient (Wildman–Crippen LogP) is 6.84. The second-order valence-electron chi connectivity index (χ2n) is 9.42. The minimum atomic E-state index is -0.123. The van der Waals surface area contributed by atoms with Gasteiger partial charge in [-0.3, -0.25) is 5.41 Å². The summed E-state index contributed by atoms with van der Waals surface area (Å²) in [4.78, 5) is 2.75. The van der Waals surface area contributed by atoms with E-state index in [0.717, 1.165) is 16.8 Å². The van der Waals surface area contributed by atoms with E-state index in [1.54, 1.807) is 0 Å². The number of fused-ring (bicyclic) bond motifs is 4. The minimum absolute atomic E-state index is 0.0813. The first-order valence-corrected chi connectivity index (χ1v) is 13.0. The van der Waals surface area contributed by atoms with Crippen molar-refractivity contribution < 1.29 is 0 Å². The largest absolute Gasteiger partial charge is 0.362 e. The van der Waals surface area contributed by atoms with Crippen LogP contribution in [0.25, 0.3) is 5.70 Å². The highest BCUT2D eigenvalue weighted by molar-refractivity contribution is 7.99. The van der Waals surface area contributed by atoms with Crippen LogP contribution >= 0.6 is 11.8 Å². The van der Waals surface area contributed by atoms with Crippen LogP contribution in [0.3, 0.4) is 0 Å². The molecule has 3 aromatic carbocycles. The number of benzene rings is 3. The van der Waals surface area contributed by atoms with Crippen molar-refractivity contribution in [2.24, 2.45) is 0 Å². The van der Waals surface area contributed by atoms with Crippen LogP contribution in [0.5, 0.6) is 0 Å². The quantitative estimate of drug-likeness (QED) is 0.294. The van der Waals surface area contributed by atoms with E-state index in [-0.39, 0.29) is 11.6 Å². The molecule has 0 aromatic heterocycles. The first-order chi connectivity index (χ1) is 16.7. The fraction of sp³-hybridized carbons (Fsp3) is 0.233. The molecule has 3 N–H and O–H groups in total. The summed E-state index contributed by atoms with van der Waals surface area (Å²) in [6, 6.07) is 25.9. The number of dihydropyridines is 1. The SMILES string of the molecule is N=C(NC1C=CC=C(c2ccccc2)N1)c1ccc2c(c1)C1(CCCCC1)c1ccccc1S2. The fourth-order valence-corrected chi connectivity index (χ4v) is 6.96. The molecule has 2 heterocycles. The predicted molar refractivity (Wildman–Crippen MR) is 141 cm³/mol. The maximum Gasteiger partial charge on any atom is 0.127 e. The third-order valence-electron chi connectivity index (χ3n) is 7.38. The Morgan fingerprint density at radius 2 is 1.65 bits per heavy atom. The lowest BCUT2D eigenvalue weighted by molar-refractivity contribution is 0.335. The molecule has 1 unspecified atom stereocenters. The van der Waals surface area contributed by atoms with Crippen LogP contribution in [0.1, 0.15) is 54.4 Å². The normalized spacial score (nSPS) is 20.0. The van der Waals surface area contributed by atoms with Crippen molar-refractivity contribution in [3.63, 3.8) is 0 Å². The summed E-state index contributed by atoms with van der Waals surface area (Å²) in [5.41, 5.74) is 6.14. The van der Waals surface area contributed by atoms with E-state index in [0.29, 0.717) is 5.84 Å². The Labute approximate surface area is 205 Å². The van der Waals surface area contributed by atoms with Gasteiger partial charge in [0.05, 0.1) is 0 Å². The second kappa shape index (κ2) is 8.84. The van der Waals surface area contributed by atoms with Gasteiger partial charge in [0.1, 0.15) is 12.0 Å². The van der Waals surface area contributed by atoms with E-state index in [9.17, 15) is 0 Å². The molecule has 3 nitrogen and oxygen atoms in total. The van der Waals surface area contributed by atoms with E-state index < -0.39 is 0 Å². The van der Waals surface area contributed by atoms with Gasteiger partial charge in [-0.1, -0.05) is 91.7 Å². The standard InChI is InChI=1S/C30H29N3S/c31-29(33-28-15-9-13-25(32-28)21-10-3-1-4-11-21)22-16-17-27-24(20-22)30(18-7-2-8-19-30)23-12-5-6-14-26(23)34-27/h1,3-6,9-17,20,28,32H,2,7-8,18-19H2,(H2,31,33). The van der Waals surface area contributed by atoms with Crippen molar-refractivity contribution >= 4 is 23.3 Å². The van der Waals surface area contributed by atoms with E-state index in [1.165, 1.54) is 53.0 Å². The summed E-state index contributed by atoms with van der Waals surface area (Å²) in [5, 5.41) is 15.8. The van der Waals surface area contributed by atoms with E-state index >= 15 is 0 Å². The topological polar surface area (TPSA) is 47.9 Å². The van der Waals surface area contributed by atoms with Crippen molar-refractivity contribution in [1.82, 2.24) is 10.6 Å². The van der Waals surface area contributed by atoms with Gasteiger partial charge in [0.15, 0.2) is 0 Å². The maximum atomic E-state index is 8.89. The molecule has 0 saturated heterocycles.